The SMILES string of the molecule is NC(CC(=O)Cc1ccc(F)cc1)C1CC1. The average molecular weight is 221 g/mol. The molecule has 1 atom stereocenters. The van der Waals surface area contributed by atoms with Crippen LogP contribution in [-0.2, 0) is 11.2 Å². The Bertz CT molecular complexity index is 370. The molecule has 1 saturated carbocycles. The van der Waals surface area contributed by atoms with Crippen molar-refractivity contribution in [1.82, 2.24) is 0 Å². The number of hydrogen-bond donors (Lipinski definition) is 1. The van der Waals surface area contributed by atoms with E-state index in [-0.39, 0.29) is 17.6 Å². The highest BCUT2D eigenvalue weighted by Gasteiger charge is 2.29. The minimum atomic E-state index is -0.272. The average Bonchev–Trinajstić information content (AvgIpc) is 3.04. The topological polar surface area (TPSA) is 43.1 Å². The lowest BCUT2D eigenvalue weighted by atomic mass is 10.0. The second-order valence-electron chi connectivity index (χ2n) is 4.55. The van der Waals surface area contributed by atoms with Crippen LogP contribution in [0.2, 0.25) is 0 Å². The fourth-order valence-corrected chi connectivity index (χ4v) is 1.86. The van der Waals surface area contributed by atoms with Gasteiger partial charge in [0.25, 0.3) is 0 Å². The number of hydrogen-bond acceptors (Lipinski definition) is 2. The Morgan fingerprint density at radius 2 is 2.00 bits per heavy atom. The summed E-state index contributed by atoms with van der Waals surface area (Å²) in [6.07, 6.45) is 3.12. The number of carbonyl (C=O) groups excluding carboxylic acids is 1. The normalized spacial score (nSPS) is 17.1. The van der Waals surface area contributed by atoms with E-state index >= 15 is 0 Å². The van der Waals surface area contributed by atoms with Crippen LogP contribution in [0.3, 0.4) is 0 Å². The lowest BCUT2D eigenvalue weighted by Gasteiger charge is -2.08. The van der Waals surface area contributed by atoms with Gasteiger partial charge in [-0.1, -0.05) is 12.1 Å². The summed E-state index contributed by atoms with van der Waals surface area (Å²) in [6.45, 7) is 0. The van der Waals surface area contributed by atoms with Crippen LogP contribution in [0, 0.1) is 11.7 Å². The summed E-state index contributed by atoms with van der Waals surface area (Å²) in [7, 11) is 0. The van der Waals surface area contributed by atoms with Gasteiger partial charge in [-0.15, -0.1) is 0 Å². The summed E-state index contributed by atoms with van der Waals surface area (Å²) < 4.78 is 12.6. The predicted molar refractivity (Wildman–Crippen MR) is 60.4 cm³/mol. The summed E-state index contributed by atoms with van der Waals surface area (Å²) in [5, 5.41) is 0. The summed E-state index contributed by atoms with van der Waals surface area (Å²) in [5.41, 5.74) is 6.73. The van der Waals surface area contributed by atoms with Crippen LogP contribution in [0.1, 0.15) is 24.8 Å². The molecular formula is C13H16FNO. The first-order valence-corrected chi connectivity index (χ1v) is 5.67. The molecule has 16 heavy (non-hydrogen) atoms. The first-order chi connectivity index (χ1) is 7.65. The molecule has 0 radical (unpaired) electrons. The summed E-state index contributed by atoms with van der Waals surface area (Å²) in [6, 6.07) is 6.08. The molecule has 0 heterocycles. The van der Waals surface area contributed by atoms with Gasteiger partial charge in [-0.3, -0.25) is 4.79 Å². The minimum Gasteiger partial charge on any atom is -0.327 e. The Labute approximate surface area is 94.6 Å². The molecule has 0 aliphatic heterocycles. The van der Waals surface area contributed by atoms with Gasteiger partial charge < -0.3 is 5.73 Å². The van der Waals surface area contributed by atoms with Gasteiger partial charge in [0.05, 0.1) is 0 Å². The van der Waals surface area contributed by atoms with E-state index in [9.17, 15) is 9.18 Å². The van der Waals surface area contributed by atoms with Crippen molar-refractivity contribution in [3.05, 3.63) is 35.6 Å². The number of nitrogens with two attached hydrogens (primary N) is 1. The maximum absolute atomic E-state index is 12.6. The molecular weight excluding hydrogens is 205 g/mol. The first-order valence-electron chi connectivity index (χ1n) is 5.67. The molecule has 2 N–H and O–H groups in total. The number of Topliss-reactive ketones (excluding diaryl/α,β-unsaturated/α-hetero) is 1. The molecule has 2 rings (SSSR count). The molecule has 0 amide bonds. The molecule has 3 heteroatoms. The van der Waals surface area contributed by atoms with Gasteiger partial charge in [0.1, 0.15) is 11.6 Å². The van der Waals surface area contributed by atoms with Gasteiger partial charge in [0.2, 0.25) is 0 Å². The second kappa shape index (κ2) is 4.74. The molecule has 1 unspecified atom stereocenters. The Kier molecular flexibility index (Phi) is 3.34. The summed E-state index contributed by atoms with van der Waals surface area (Å²) in [5.74, 6) is 0.425. The third kappa shape index (κ3) is 3.14. The smallest absolute Gasteiger partial charge is 0.138 e. The lowest BCUT2D eigenvalue weighted by Crippen LogP contribution is -2.26. The minimum absolute atomic E-state index is 0.0212. The molecule has 86 valence electrons. The molecule has 0 spiro atoms. The monoisotopic (exact) mass is 221 g/mol. The van der Waals surface area contributed by atoms with Gasteiger partial charge in [-0.05, 0) is 36.5 Å². The maximum Gasteiger partial charge on any atom is 0.138 e. The van der Waals surface area contributed by atoms with E-state index in [1.54, 1.807) is 12.1 Å². The molecule has 1 aromatic carbocycles. The number of rotatable bonds is 5. The largest absolute Gasteiger partial charge is 0.327 e. The lowest BCUT2D eigenvalue weighted by molar-refractivity contribution is -0.118. The zero-order valence-electron chi connectivity index (χ0n) is 9.16. The number of halogens is 1. The van der Waals surface area contributed by atoms with Crippen LogP contribution in [0.15, 0.2) is 24.3 Å². The van der Waals surface area contributed by atoms with Crippen molar-refractivity contribution in [3.63, 3.8) is 0 Å². The van der Waals surface area contributed by atoms with Crippen molar-refractivity contribution in [3.8, 4) is 0 Å². The molecule has 2 nitrogen and oxygen atoms in total. The van der Waals surface area contributed by atoms with Crippen molar-refractivity contribution in [2.45, 2.75) is 31.7 Å². The van der Waals surface area contributed by atoms with E-state index in [0.717, 1.165) is 18.4 Å². The molecule has 0 saturated heterocycles. The Morgan fingerprint density at radius 1 is 1.38 bits per heavy atom. The maximum atomic E-state index is 12.6. The quantitative estimate of drug-likeness (QED) is 0.827. The molecule has 1 aliphatic rings. The molecule has 1 fully saturated rings. The number of benzene rings is 1. The third-order valence-electron chi connectivity index (χ3n) is 3.01. The Balaban J connectivity index is 1.84. The Morgan fingerprint density at radius 3 is 2.56 bits per heavy atom. The number of ketones is 1. The predicted octanol–water partition coefficient (Wildman–Crippen LogP) is 2.06. The van der Waals surface area contributed by atoms with Crippen LogP contribution < -0.4 is 5.73 Å². The van der Waals surface area contributed by atoms with Crippen LogP contribution >= 0.6 is 0 Å². The van der Waals surface area contributed by atoms with Crippen LogP contribution in [-0.4, -0.2) is 11.8 Å². The third-order valence-corrected chi connectivity index (χ3v) is 3.01. The van der Waals surface area contributed by atoms with Crippen molar-refractivity contribution < 1.29 is 9.18 Å². The fraction of sp³-hybridized carbons (Fsp3) is 0.462. The van der Waals surface area contributed by atoms with Crippen molar-refractivity contribution in [1.29, 1.82) is 0 Å². The molecule has 1 aromatic rings. The van der Waals surface area contributed by atoms with Crippen LogP contribution in [0.5, 0.6) is 0 Å². The van der Waals surface area contributed by atoms with Crippen molar-refractivity contribution >= 4 is 5.78 Å². The molecule has 1 aliphatic carbocycles. The van der Waals surface area contributed by atoms with E-state index in [1.807, 2.05) is 0 Å². The van der Waals surface area contributed by atoms with E-state index in [4.69, 9.17) is 5.73 Å². The highest BCUT2D eigenvalue weighted by Crippen LogP contribution is 2.32. The Hall–Kier alpha value is -1.22. The highest BCUT2D eigenvalue weighted by molar-refractivity contribution is 5.81. The standard InChI is InChI=1S/C13H16FNO/c14-11-5-1-9(2-6-11)7-12(16)8-13(15)10-3-4-10/h1-2,5-6,10,13H,3-4,7-8,15H2. The fourth-order valence-electron chi connectivity index (χ4n) is 1.86. The van der Waals surface area contributed by atoms with Crippen molar-refractivity contribution in [2.24, 2.45) is 11.7 Å². The van der Waals surface area contributed by atoms with Gasteiger partial charge in [0, 0.05) is 18.9 Å². The zero-order chi connectivity index (χ0) is 11.5. The van der Waals surface area contributed by atoms with Gasteiger partial charge in [-0.25, -0.2) is 4.39 Å². The van der Waals surface area contributed by atoms with Gasteiger partial charge in [0.15, 0.2) is 0 Å². The number of carbonyl (C=O) groups is 1. The second-order valence-corrected chi connectivity index (χ2v) is 4.55. The van der Waals surface area contributed by atoms with Crippen LogP contribution in [0.4, 0.5) is 4.39 Å². The highest BCUT2D eigenvalue weighted by atomic mass is 19.1. The first kappa shape index (κ1) is 11.3. The van der Waals surface area contributed by atoms with Gasteiger partial charge in [-0.2, -0.15) is 0 Å². The van der Waals surface area contributed by atoms with Crippen molar-refractivity contribution in [2.75, 3.05) is 0 Å². The van der Waals surface area contributed by atoms with E-state index in [0.29, 0.717) is 18.8 Å². The summed E-state index contributed by atoms with van der Waals surface area (Å²) >= 11 is 0. The zero-order valence-corrected chi connectivity index (χ0v) is 9.16. The molecule has 0 bridgehead atoms. The van der Waals surface area contributed by atoms with Gasteiger partial charge >= 0.3 is 0 Å². The van der Waals surface area contributed by atoms with E-state index in [1.165, 1.54) is 12.1 Å². The van der Waals surface area contributed by atoms with E-state index in [2.05, 4.69) is 0 Å². The summed E-state index contributed by atoms with van der Waals surface area (Å²) in [4.78, 5) is 11.7. The van der Waals surface area contributed by atoms with E-state index < -0.39 is 0 Å². The molecule has 0 aromatic heterocycles. The van der Waals surface area contributed by atoms with Crippen LogP contribution in [0.25, 0.3) is 0 Å².